The second-order valence-electron chi connectivity index (χ2n) is 8.08. The van der Waals surface area contributed by atoms with Crippen molar-refractivity contribution >= 4 is 5.97 Å². The number of rotatable bonds is 1. The Morgan fingerprint density at radius 3 is 3.12 bits per heavy atom. The normalized spacial score (nSPS) is 44.9. The third-order valence-electron chi connectivity index (χ3n) is 7.23. The lowest BCUT2D eigenvalue weighted by molar-refractivity contribution is -0.168. The zero-order valence-corrected chi connectivity index (χ0v) is 14.2. The Labute approximate surface area is 145 Å². The van der Waals surface area contributed by atoms with Gasteiger partial charge in [0, 0.05) is 25.1 Å². The van der Waals surface area contributed by atoms with Gasteiger partial charge in [-0.15, -0.1) is 0 Å². The molecule has 6 nitrogen and oxygen atoms in total. The Hall–Kier alpha value is -1.63. The molecule has 2 spiro atoms. The minimum absolute atomic E-state index is 0.289. The van der Waals surface area contributed by atoms with Gasteiger partial charge in [0.25, 0.3) is 0 Å². The topological polar surface area (TPSA) is 68.2 Å². The Kier molecular flexibility index (Phi) is 2.54. The first-order chi connectivity index (χ1) is 12.1. The van der Waals surface area contributed by atoms with Crippen LogP contribution < -0.4 is 9.47 Å². The molecule has 1 N–H and O–H groups in total. The van der Waals surface area contributed by atoms with Crippen molar-refractivity contribution in [2.75, 3.05) is 13.3 Å². The van der Waals surface area contributed by atoms with Crippen LogP contribution in [0.2, 0.25) is 0 Å². The molecule has 132 valence electrons. The highest BCUT2D eigenvalue weighted by molar-refractivity contribution is 5.72. The zero-order chi connectivity index (χ0) is 17.0. The molecule has 0 aromatic heterocycles. The highest BCUT2D eigenvalue weighted by atomic mass is 16.6. The fraction of sp³-hybridized carbons (Fsp3) is 0.632. The number of carbonyl (C=O) groups excluding carboxylic acids is 1. The van der Waals surface area contributed by atoms with Gasteiger partial charge in [-0.3, -0.25) is 9.69 Å². The van der Waals surface area contributed by atoms with Gasteiger partial charge < -0.3 is 19.3 Å². The van der Waals surface area contributed by atoms with Gasteiger partial charge in [-0.25, -0.2) is 0 Å². The molecule has 0 radical (unpaired) electrons. The highest BCUT2D eigenvalue weighted by Crippen LogP contribution is 2.68. The average Bonchev–Trinajstić information content (AvgIpc) is 3.04. The van der Waals surface area contributed by atoms with E-state index in [1.807, 2.05) is 6.07 Å². The van der Waals surface area contributed by atoms with Gasteiger partial charge in [-0.1, -0.05) is 6.07 Å². The first-order valence-corrected chi connectivity index (χ1v) is 9.14. The second-order valence-corrected chi connectivity index (χ2v) is 8.08. The van der Waals surface area contributed by atoms with E-state index >= 15 is 0 Å². The molecule has 3 heterocycles. The predicted molar refractivity (Wildman–Crippen MR) is 86.6 cm³/mol. The van der Waals surface area contributed by atoms with Gasteiger partial charge in [0.15, 0.2) is 11.5 Å². The molecule has 1 unspecified atom stereocenters. The Morgan fingerprint density at radius 2 is 2.28 bits per heavy atom. The number of ether oxygens (including phenoxy) is 3. The second kappa shape index (κ2) is 4.37. The van der Waals surface area contributed by atoms with Crippen LogP contribution >= 0.6 is 0 Å². The molecule has 1 aromatic carbocycles. The van der Waals surface area contributed by atoms with Crippen LogP contribution in [0.5, 0.6) is 11.5 Å². The third kappa shape index (κ3) is 1.44. The van der Waals surface area contributed by atoms with Crippen LogP contribution in [0.4, 0.5) is 0 Å². The van der Waals surface area contributed by atoms with Crippen LogP contribution in [0.1, 0.15) is 37.3 Å². The Morgan fingerprint density at radius 1 is 1.40 bits per heavy atom. The molecular formula is C19H21NO5. The summed E-state index contributed by atoms with van der Waals surface area (Å²) in [5.74, 6) is 0.764. The summed E-state index contributed by atoms with van der Waals surface area (Å²) < 4.78 is 18.3. The number of esters is 1. The van der Waals surface area contributed by atoms with E-state index in [-0.39, 0.29) is 23.1 Å². The fourth-order valence-electron chi connectivity index (χ4n) is 6.45. The van der Waals surface area contributed by atoms with Crippen LogP contribution in [-0.4, -0.2) is 53.1 Å². The lowest BCUT2D eigenvalue weighted by atomic mass is 9.49. The molecule has 2 aliphatic carbocycles. The highest BCUT2D eigenvalue weighted by Gasteiger charge is 2.76. The lowest BCUT2D eigenvalue weighted by Gasteiger charge is -2.60. The number of aliphatic hydroxyl groups excluding tert-OH is 1. The number of nitrogens with zero attached hydrogens (tertiary/aromatic N) is 1. The molecule has 5 aliphatic rings. The minimum Gasteiger partial charge on any atom is -0.482 e. The first-order valence-electron chi connectivity index (χ1n) is 9.14. The number of carbonyl (C=O) groups is 1. The van der Waals surface area contributed by atoms with E-state index in [1.54, 1.807) is 0 Å². The van der Waals surface area contributed by atoms with E-state index in [9.17, 15) is 9.90 Å². The molecule has 4 bridgehead atoms. The van der Waals surface area contributed by atoms with Crippen LogP contribution in [0.25, 0.3) is 0 Å². The summed E-state index contributed by atoms with van der Waals surface area (Å²) >= 11 is 0. The molecule has 25 heavy (non-hydrogen) atoms. The first kappa shape index (κ1) is 14.5. The van der Waals surface area contributed by atoms with Crippen molar-refractivity contribution in [1.29, 1.82) is 0 Å². The van der Waals surface area contributed by atoms with Crippen molar-refractivity contribution in [2.45, 2.75) is 61.9 Å². The van der Waals surface area contributed by atoms with E-state index in [2.05, 4.69) is 11.0 Å². The van der Waals surface area contributed by atoms with Crippen molar-refractivity contribution in [1.82, 2.24) is 4.90 Å². The molecule has 6 atom stereocenters. The summed E-state index contributed by atoms with van der Waals surface area (Å²) in [6, 6.07) is 4.25. The summed E-state index contributed by atoms with van der Waals surface area (Å²) in [4.78, 5) is 14.0. The molecule has 6 rings (SSSR count). The van der Waals surface area contributed by atoms with E-state index in [0.717, 1.165) is 31.4 Å². The molecule has 2 saturated heterocycles. The number of piperidine rings is 1. The van der Waals surface area contributed by atoms with Crippen molar-refractivity contribution in [3.8, 4) is 11.5 Å². The molecule has 3 aliphatic heterocycles. The summed E-state index contributed by atoms with van der Waals surface area (Å²) in [6.07, 6.45) is 2.53. The smallest absolute Gasteiger partial charge is 0.308 e. The van der Waals surface area contributed by atoms with E-state index < -0.39 is 6.10 Å². The number of hydrogen-bond acceptors (Lipinski definition) is 6. The van der Waals surface area contributed by atoms with Gasteiger partial charge in [-0.2, -0.15) is 0 Å². The molecule has 0 amide bonds. The predicted octanol–water partition coefficient (Wildman–Crippen LogP) is 1.12. The van der Waals surface area contributed by atoms with Crippen LogP contribution in [-0.2, 0) is 21.4 Å². The average molecular weight is 343 g/mol. The third-order valence-corrected chi connectivity index (χ3v) is 7.23. The summed E-state index contributed by atoms with van der Waals surface area (Å²) in [6.45, 7) is 3.02. The summed E-state index contributed by atoms with van der Waals surface area (Å²) in [5, 5.41) is 10.8. The van der Waals surface area contributed by atoms with Crippen LogP contribution in [0.3, 0.4) is 0 Å². The van der Waals surface area contributed by atoms with Gasteiger partial charge in [0.2, 0.25) is 0 Å². The number of hydrogen-bond donors (Lipinski definition) is 1. The Bertz CT molecular complexity index is 809. The van der Waals surface area contributed by atoms with Gasteiger partial charge in [-0.05, 0) is 37.3 Å². The molecule has 1 aromatic rings. The van der Waals surface area contributed by atoms with Crippen molar-refractivity contribution in [3.05, 3.63) is 23.3 Å². The minimum atomic E-state index is -0.523. The Balaban J connectivity index is 1.65. The number of benzene rings is 1. The lowest BCUT2D eigenvalue weighted by Crippen LogP contribution is -2.73. The van der Waals surface area contributed by atoms with Crippen LogP contribution in [0, 0.1) is 0 Å². The van der Waals surface area contributed by atoms with Gasteiger partial charge in [0.1, 0.15) is 12.8 Å². The van der Waals surface area contributed by atoms with E-state index in [4.69, 9.17) is 14.2 Å². The molecule has 6 heteroatoms. The van der Waals surface area contributed by atoms with Crippen LogP contribution in [0.15, 0.2) is 12.1 Å². The van der Waals surface area contributed by atoms with Gasteiger partial charge in [0.05, 0.1) is 17.1 Å². The van der Waals surface area contributed by atoms with Crippen molar-refractivity contribution in [2.24, 2.45) is 0 Å². The standard InChI is InChI=1S/C19H21NO5/c1-10(21)24-13-3-2-11-8-14-19-5-4-12(22)17-18(19,15(11)16(13)25-17)6-7-20(14)9-23-19/h2-3,12,14,17,22H,4-9H2,1H3/t12-,14+,17-,18-,19+/m0/s1. The van der Waals surface area contributed by atoms with E-state index in [0.29, 0.717) is 30.7 Å². The van der Waals surface area contributed by atoms with Gasteiger partial charge >= 0.3 is 5.97 Å². The zero-order valence-electron chi connectivity index (χ0n) is 14.2. The number of aliphatic hydroxyl groups is 1. The maximum absolute atomic E-state index is 11.5. The molecule has 1 saturated carbocycles. The maximum Gasteiger partial charge on any atom is 0.308 e. The van der Waals surface area contributed by atoms with Crippen molar-refractivity contribution in [3.63, 3.8) is 0 Å². The summed E-state index contributed by atoms with van der Waals surface area (Å²) in [7, 11) is 0. The monoisotopic (exact) mass is 343 g/mol. The molecule has 3 fully saturated rings. The molecular weight excluding hydrogens is 322 g/mol. The van der Waals surface area contributed by atoms with Crippen molar-refractivity contribution < 1.29 is 24.1 Å². The quantitative estimate of drug-likeness (QED) is 0.609. The fourth-order valence-corrected chi connectivity index (χ4v) is 6.45. The SMILES string of the molecule is CC(=O)Oc1ccc2c3c1O[C@H]1[C@@H](O)CC[C@]45OCN(CC[C@]314)[C@@H]5C2. The summed E-state index contributed by atoms with van der Waals surface area (Å²) in [5.41, 5.74) is 1.76. The largest absolute Gasteiger partial charge is 0.482 e. The van der Waals surface area contributed by atoms with E-state index in [1.165, 1.54) is 12.5 Å². The maximum atomic E-state index is 11.5.